The van der Waals surface area contributed by atoms with E-state index in [0.717, 1.165) is 24.7 Å². The summed E-state index contributed by atoms with van der Waals surface area (Å²) < 4.78 is 0. The molecule has 5 rings (SSSR count). The highest BCUT2D eigenvalue weighted by Crippen LogP contribution is 2.43. The van der Waals surface area contributed by atoms with Gasteiger partial charge in [-0.1, -0.05) is 0 Å². The van der Waals surface area contributed by atoms with Crippen LogP contribution in [0, 0.1) is 0 Å². The monoisotopic (exact) mass is 314 g/mol. The van der Waals surface area contributed by atoms with Crippen LogP contribution in [0.4, 0.5) is 5.82 Å². The van der Waals surface area contributed by atoms with Crippen molar-refractivity contribution in [1.82, 2.24) is 14.9 Å². The van der Waals surface area contributed by atoms with Crippen molar-refractivity contribution in [3.8, 4) is 0 Å². The lowest BCUT2D eigenvalue weighted by Crippen LogP contribution is -2.57. The van der Waals surface area contributed by atoms with Crippen LogP contribution < -0.4 is 4.90 Å². The van der Waals surface area contributed by atoms with Crippen LogP contribution in [0.1, 0.15) is 61.9 Å². The molecule has 2 aliphatic carbocycles. The van der Waals surface area contributed by atoms with Crippen LogP contribution in [0.25, 0.3) is 0 Å². The number of piperazine rings is 1. The first-order chi connectivity index (χ1) is 11.3. The van der Waals surface area contributed by atoms with E-state index in [1.165, 1.54) is 50.8 Å². The van der Waals surface area contributed by atoms with E-state index < -0.39 is 0 Å². The Bertz CT molecular complexity index is 568. The van der Waals surface area contributed by atoms with Gasteiger partial charge in [-0.15, -0.1) is 0 Å². The lowest BCUT2D eigenvalue weighted by atomic mass is 10.1. The summed E-state index contributed by atoms with van der Waals surface area (Å²) in [4.78, 5) is 14.7. The maximum atomic E-state index is 9.91. The molecule has 0 unspecified atom stereocenters. The van der Waals surface area contributed by atoms with Gasteiger partial charge in [0.25, 0.3) is 0 Å². The van der Waals surface area contributed by atoms with Gasteiger partial charge >= 0.3 is 0 Å². The van der Waals surface area contributed by atoms with E-state index in [1.54, 1.807) is 0 Å². The first kappa shape index (κ1) is 14.2. The summed E-state index contributed by atoms with van der Waals surface area (Å²) in [5.41, 5.74) is 1.25. The highest BCUT2D eigenvalue weighted by atomic mass is 16.3. The van der Waals surface area contributed by atoms with E-state index in [-0.39, 0.29) is 12.6 Å². The summed E-state index contributed by atoms with van der Waals surface area (Å²) in [7, 11) is 0. The highest BCUT2D eigenvalue weighted by molar-refractivity contribution is 5.44. The maximum absolute atomic E-state index is 9.91. The van der Waals surface area contributed by atoms with E-state index in [4.69, 9.17) is 9.97 Å². The lowest BCUT2D eigenvalue weighted by molar-refractivity contribution is 0.152. The van der Waals surface area contributed by atoms with Crippen molar-refractivity contribution in [2.75, 3.05) is 31.1 Å². The standard InChI is InChI=1S/C18H26N4O/c23-11-15-9-21-7-1-2-14(21)10-22(15)17-8-16(12-3-4-12)19-18(20-17)13-5-6-13/h8,12-15,23H,1-7,9-11H2/t14-,15+/m0/s1. The number of hydrogen-bond acceptors (Lipinski definition) is 5. The van der Waals surface area contributed by atoms with Crippen LogP contribution in [0.15, 0.2) is 6.07 Å². The fourth-order valence-corrected chi connectivity index (χ4v) is 4.26. The van der Waals surface area contributed by atoms with Crippen molar-refractivity contribution < 1.29 is 5.11 Å². The van der Waals surface area contributed by atoms with Crippen molar-refractivity contribution in [3.63, 3.8) is 0 Å². The average molecular weight is 314 g/mol. The normalized spacial score (nSPS) is 31.4. The highest BCUT2D eigenvalue weighted by Gasteiger charge is 2.38. The zero-order valence-corrected chi connectivity index (χ0v) is 13.7. The summed E-state index contributed by atoms with van der Waals surface area (Å²) in [6.07, 6.45) is 7.62. The number of aromatic nitrogens is 2. The number of anilines is 1. The number of fused-ring (bicyclic) bond motifs is 1. The van der Waals surface area contributed by atoms with Crippen LogP contribution in [0.5, 0.6) is 0 Å². The molecule has 1 aromatic heterocycles. The topological polar surface area (TPSA) is 52.5 Å². The second kappa shape index (κ2) is 5.42. The SMILES string of the molecule is OC[C@H]1CN2CCC[C@H]2CN1c1cc(C2CC2)nc(C2CC2)n1. The Hall–Kier alpha value is -1.20. The van der Waals surface area contributed by atoms with Crippen molar-refractivity contribution in [1.29, 1.82) is 0 Å². The Labute approximate surface area is 137 Å². The van der Waals surface area contributed by atoms with Crippen LogP contribution in [0.2, 0.25) is 0 Å². The molecule has 2 saturated carbocycles. The fraction of sp³-hybridized carbons (Fsp3) is 0.778. The molecule has 2 aliphatic heterocycles. The van der Waals surface area contributed by atoms with E-state index in [9.17, 15) is 5.11 Å². The third-order valence-electron chi connectivity index (χ3n) is 5.99. The van der Waals surface area contributed by atoms with Crippen molar-refractivity contribution in [2.45, 2.75) is 62.4 Å². The minimum Gasteiger partial charge on any atom is -0.394 e. The maximum Gasteiger partial charge on any atom is 0.134 e. The molecular weight excluding hydrogens is 288 g/mol. The lowest BCUT2D eigenvalue weighted by Gasteiger charge is -2.43. The molecule has 3 heterocycles. The zero-order valence-electron chi connectivity index (χ0n) is 13.7. The molecule has 5 nitrogen and oxygen atoms in total. The summed E-state index contributed by atoms with van der Waals surface area (Å²) >= 11 is 0. The molecule has 2 atom stereocenters. The molecule has 4 fully saturated rings. The van der Waals surface area contributed by atoms with Gasteiger partial charge in [0, 0.05) is 42.7 Å². The Morgan fingerprint density at radius 1 is 1.04 bits per heavy atom. The summed E-state index contributed by atoms with van der Waals surface area (Å²) in [6, 6.07) is 3.04. The second-order valence-electron chi connectivity index (χ2n) is 7.84. The first-order valence-electron chi connectivity index (χ1n) is 9.32. The van der Waals surface area contributed by atoms with E-state index in [0.29, 0.717) is 17.9 Å². The predicted octanol–water partition coefficient (Wildman–Crippen LogP) is 1.88. The molecule has 1 aromatic rings. The Kier molecular flexibility index (Phi) is 3.34. The van der Waals surface area contributed by atoms with Crippen LogP contribution in [-0.2, 0) is 0 Å². The smallest absolute Gasteiger partial charge is 0.134 e. The van der Waals surface area contributed by atoms with Crippen LogP contribution in [-0.4, -0.2) is 58.3 Å². The molecule has 0 bridgehead atoms. The molecular formula is C18H26N4O. The van der Waals surface area contributed by atoms with Crippen molar-refractivity contribution >= 4 is 5.82 Å². The summed E-state index contributed by atoms with van der Waals surface area (Å²) in [6.45, 7) is 3.39. The van der Waals surface area contributed by atoms with Gasteiger partial charge in [-0.3, -0.25) is 4.90 Å². The molecule has 124 valence electrons. The van der Waals surface area contributed by atoms with Crippen LogP contribution >= 0.6 is 0 Å². The number of hydrogen-bond donors (Lipinski definition) is 1. The van der Waals surface area contributed by atoms with E-state index in [1.807, 2.05) is 0 Å². The molecule has 5 heteroatoms. The molecule has 0 amide bonds. The molecule has 2 saturated heterocycles. The Morgan fingerprint density at radius 3 is 2.61 bits per heavy atom. The number of aliphatic hydroxyl groups is 1. The van der Waals surface area contributed by atoms with Crippen LogP contribution in [0.3, 0.4) is 0 Å². The quantitative estimate of drug-likeness (QED) is 0.919. The fourth-order valence-electron chi connectivity index (χ4n) is 4.26. The predicted molar refractivity (Wildman–Crippen MR) is 88.8 cm³/mol. The van der Waals surface area contributed by atoms with Gasteiger partial charge < -0.3 is 10.0 Å². The minimum absolute atomic E-state index is 0.179. The second-order valence-corrected chi connectivity index (χ2v) is 7.84. The van der Waals surface area contributed by atoms with E-state index >= 15 is 0 Å². The zero-order chi connectivity index (χ0) is 15.4. The first-order valence-corrected chi connectivity index (χ1v) is 9.32. The Balaban J connectivity index is 1.48. The van der Waals surface area contributed by atoms with Gasteiger partial charge in [-0.25, -0.2) is 9.97 Å². The largest absolute Gasteiger partial charge is 0.394 e. The van der Waals surface area contributed by atoms with Gasteiger partial charge in [0.15, 0.2) is 0 Å². The van der Waals surface area contributed by atoms with Gasteiger partial charge in [0.05, 0.1) is 12.6 Å². The van der Waals surface area contributed by atoms with Crippen molar-refractivity contribution in [3.05, 3.63) is 17.6 Å². The van der Waals surface area contributed by atoms with E-state index in [2.05, 4.69) is 15.9 Å². The molecule has 23 heavy (non-hydrogen) atoms. The third kappa shape index (κ3) is 2.64. The summed E-state index contributed by atoms with van der Waals surface area (Å²) in [5.74, 6) is 3.40. The van der Waals surface area contributed by atoms with Crippen molar-refractivity contribution in [2.24, 2.45) is 0 Å². The molecule has 4 aliphatic rings. The third-order valence-corrected chi connectivity index (χ3v) is 5.99. The number of aliphatic hydroxyl groups excluding tert-OH is 1. The molecule has 0 spiro atoms. The van der Waals surface area contributed by atoms with Gasteiger partial charge in [-0.05, 0) is 45.1 Å². The molecule has 0 aromatic carbocycles. The average Bonchev–Trinajstić information content (AvgIpc) is 3.49. The number of rotatable bonds is 4. The van der Waals surface area contributed by atoms with Gasteiger partial charge in [0.1, 0.15) is 11.6 Å². The minimum atomic E-state index is 0.179. The molecule has 1 N–H and O–H groups in total. The van der Waals surface area contributed by atoms with Gasteiger partial charge in [0.2, 0.25) is 0 Å². The van der Waals surface area contributed by atoms with Gasteiger partial charge in [-0.2, -0.15) is 0 Å². The number of nitrogens with zero attached hydrogens (tertiary/aromatic N) is 4. The summed E-state index contributed by atoms with van der Waals surface area (Å²) in [5, 5.41) is 9.91. The molecule has 0 radical (unpaired) electrons. The Morgan fingerprint density at radius 2 is 1.87 bits per heavy atom.